The molecule has 0 saturated heterocycles. The Bertz CT molecular complexity index is 344. The molecule has 1 N–H and O–H groups in total. The van der Waals surface area contributed by atoms with E-state index in [0.29, 0.717) is 12.0 Å². The van der Waals surface area contributed by atoms with E-state index in [1.165, 1.54) is 25.7 Å². The first-order valence-corrected chi connectivity index (χ1v) is 6.79. The van der Waals surface area contributed by atoms with Crippen molar-refractivity contribution in [3.05, 3.63) is 11.7 Å². The molecule has 1 aromatic rings. The van der Waals surface area contributed by atoms with Crippen LogP contribution in [0.3, 0.4) is 0 Å². The molecule has 1 aliphatic carbocycles. The third-order valence-corrected chi connectivity index (χ3v) is 3.84. The minimum absolute atomic E-state index is 0.276. The molecule has 0 aliphatic heterocycles. The van der Waals surface area contributed by atoms with Gasteiger partial charge in [0.05, 0.1) is 5.92 Å². The van der Waals surface area contributed by atoms with E-state index in [0.717, 1.165) is 18.3 Å². The summed E-state index contributed by atoms with van der Waals surface area (Å²) in [4.78, 5) is 4.58. The van der Waals surface area contributed by atoms with Crippen LogP contribution in [-0.4, -0.2) is 22.7 Å². The van der Waals surface area contributed by atoms with E-state index in [9.17, 15) is 0 Å². The highest BCUT2D eigenvalue weighted by Gasteiger charge is 2.25. The first-order valence-electron chi connectivity index (χ1n) is 6.79. The zero-order valence-electron chi connectivity index (χ0n) is 11.1. The predicted octanol–water partition coefficient (Wildman–Crippen LogP) is 2.83. The minimum atomic E-state index is 0.276. The molecule has 17 heavy (non-hydrogen) atoms. The van der Waals surface area contributed by atoms with Crippen LogP contribution in [0.15, 0.2) is 4.52 Å². The van der Waals surface area contributed by atoms with Gasteiger partial charge in [0, 0.05) is 12.0 Å². The summed E-state index contributed by atoms with van der Waals surface area (Å²) in [7, 11) is 0. The van der Waals surface area contributed by atoms with Gasteiger partial charge in [-0.25, -0.2) is 0 Å². The Morgan fingerprint density at radius 3 is 2.71 bits per heavy atom. The van der Waals surface area contributed by atoms with Crippen LogP contribution in [0.2, 0.25) is 0 Å². The molecule has 0 aromatic carbocycles. The van der Waals surface area contributed by atoms with Crippen molar-refractivity contribution in [3.8, 4) is 0 Å². The molecular weight excluding hydrogens is 214 g/mol. The van der Waals surface area contributed by atoms with Crippen molar-refractivity contribution in [1.82, 2.24) is 15.5 Å². The maximum absolute atomic E-state index is 5.41. The number of likely N-dealkylation sites (N-methyl/N-ethyl adjacent to an activating group) is 1. The topological polar surface area (TPSA) is 51.0 Å². The summed E-state index contributed by atoms with van der Waals surface area (Å²) >= 11 is 0. The summed E-state index contributed by atoms with van der Waals surface area (Å²) in [5.41, 5.74) is 0. The van der Waals surface area contributed by atoms with Crippen LogP contribution >= 0.6 is 0 Å². The average molecular weight is 237 g/mol. The number of nitrogens with one attached hydrogen (secondary N) is 1. The van der Waals surface area contributed by atoms with Crippen molar-refractivity contribution in [2.24, 2.45) is 0 Å². The lowest BCUT2D eigenvalue weighted by Crippen LogP contribution is -2.30. The van der Waals surface area contributed by atoms with E-state index >= 15 is 0 Å². The molecular formula is C13H23N3O. The highest BCUT2D eigenvalue weighted by molar-refractivity contribution is 5.02. The number of rotatable bonds is 5. The van der Waals surface area contributed by atoms with Gasteiger partial charge in [-0.15, -0.1) is 0 Å². The average Bonchev–Trinajstić information content (AvgIpc) is 2.98. The van der Waals surface area contributed by atoms with Gasteiger partial charge in [0.15, 0.2) is 5.82 Å². The first-order chi connectivity index (χ1) is 8.22. The molecule has 4 heteroatoms. The van der Waals surface area contributed by atoms with Crippen LogP contribution in [0.5, 0.6) is 0 Å². The normalized spacial score (nSPS) is 20.6. The Morgan fingerprint density at radius 1 is 1.35 bits per heavy atom. The van der Waals surface area contributed by atoms with Gasteiger partial charge in [0.25, 0.3) is 0 Å². The predicted molar refractivity (Wildman–Crippen MR) is 67.1 cm³/mol. The quantitative estimate of drug-likeness (QED) is 0.855. The molecule has 0 spiro atoms. The Labute approximate surface area is 103 Å². The Balaban J connectivity index is 2.01. The SMILES string of the molecule is CCNC(C)C(C)c1nc(C2CCCC2)no1. The molecule has 2 unspecified atom stereocenters. The van der Waals surface area contributed by atoms with E-state index in [1.54, 1.807) is 0 Å². The minimum Gasteiger partial charge on any atom is -0.339 e. The standard InChI is InChI=1S/C13H23N3O/c1-4-14-10(3)9(2)13-15-12(16-17-13)11-7-5-6-8-11/h9-11,14H,4-8H2,1-3H3. The zero-order valence-corrected chi connectivity index (χ0v) is 11.1. The van der Waals surface area contributed by atoms with Gasteiger partial charge in [0.2, 0.25) is 5.89 Å². The van der Waals surface area contributed by atoms with Crippen molar-refractivity contribution in [3.63, 3.8) is 0 Å². The van der Waals surface area contributed by atoms with Crippen molar-refractivity contribution < 1.29 is 4.52 Å². The molecule has 1 saturated carbocycles. The smallest absolute Gasteiger partial charge is 0.231 e. The van der Waals surface area contributed by atoms with E-state index in [2.05, 4.69) is 36.2 Å². The van der Waals surface area contributed by atoms with Crippen LogP contribution in [0, 0.1) is 0 Å². The Kier molecular flexibility index (Phi) is 4.15. The fraction of sp³-hybridized carbons (Fsp3) is 0.846. The van der Waals surface area contributed by atoms with E-state index in [1.807, 2.05) is 0 Å². The molecule has 1 fully saturated rings. The summed E-state index contributed by atoms with van der Waals surface area (Å²) in [6, 6.07) is 0.372. The van der Waals surface area contributed by atoms with Gasteiger partial charge in [0.1, 0.15) is 0 Å². The van der Waals surface area contributed by atoms with E-state index in [4.69, 9.17) is 4.52 Å². The molecule has 2 rings (SSSR count). The Morgan fingerprint density at radius 2 is 2.06 bits per heavy atom. The molecule has 1 aromatic heterocycles. The monoisotopic (exact) mass is 237 g/mol. The third-order valence-electron chi connectivity index (χ3n) is 3.84. The molecule has 96 valence electrons. The highest BCUT2D eigenvalue weighted by atomic mass is 16.5. The number of hydrogen-bond acceptors (Lipinski definition) is 4. The van der Waals surface area contributed by atoms with Crippen LogP contribution in [0.25, 0.3) is 0 Å². The maximum atomic E-state index is 5.41. The van der Waals surface area contributed by atoms with E-state index in [-0.39, 0.29) is 5.92 Å². The second-order valence-corrected chi connectivity index (χ2v) is 5.11. The van der Waals surface area contributed by atoms with Crippen molar-refractivity contribution >= 4 is 0 Å². The summed E-state index contributed by atoms with van der Waals surface area (Å²) < 4.78 is 5.41. The van der Waals surface area contributed by atoms with Crippen molar-refractivity contribution in [2.45, 2.75) is 64.3 Å². The van der Waals surface area contributed by atoms with Gasteiger partial charge >= 0.3 is 0 Å². The third kappa shape index (κ3) is 2.86. The summed E-state index contributed by atoms with van der Waals surface area (Å²) in [5, 5.41) is 7.54. The van der Waals surface area contributed by atoms with Crippen LogP contribution in [0.4, 0.5) is 0 Å². The number of nitrogens with zero attached hydrogens (tertiary/aromatic N) is 2. The van der Waals surface area contributed by atoms with Crippen molar-refractivity contribution in [2.75, 3.05) is 6.54 Å². The molecule has 2 atom stereocenters. The summed E-state index contributed by atoms with van der Waals surface area (Å²) in [5.74, 6) is 2.51. The number of aromatic nitrogens is 2. The van der Waals surface area contributed by atoms with Crippen LogP contribution in [0.1, 0.15) is 70.0 Å². The number of hydrogen-bond donors (Lipinski definition) is 1. The highest BCUT2D eigenvalue weighted by Crippen LogP contribution is 2.33. The lowest BCUT2D eigenvalue weighted by molar-refractivity contribution is 0.328. The molecule has 0 radical (unpaired) electrons. The van der Waals surface area contributed by atoms with Crippen LogP contribution < -0.4 is 5.32 Å². The molecule has 0 amide bonds. The van der Waals surface area contributed by atoms with Gasteiger partial charge in [-0.3, -0.25) is 0 Å². The largest absolute Gasteiger partial charge is 0.339 e. The molecule has 1 aliphatic rings. The summed E-state index contributed by atoms with van der Waals surface area (Å²) in [6.45, 7) is 7.38. The fourth-order valence-electron chi connectivity index (χ4n) is 2.49. The van der Waals surface area contributed by atoms with Crippen molar-refractivity contribution in [1.29, 1.82) is 0 Å². The summed E-state index contributed by atoms with van der Waals surface area (Å²) in [6.07, 6.45) is 5.04. The van der Waals surface area contributed by atoms with E-state index < -0.39 is 0 Å². The van der Waals surface area contributed by atoms with Gasteiger partial charge in [-0.2, -0.15) is 4.98 Å². The second-order valence-electron chi connectivity index (χ2n) is 5.11. The lowest BCUT2D eigenvalue weighted by Gasteiger charge is -2.16. The van der Waals surface area contributed by atoms with Gasteiger partial charge < -0.3 is 9.84 Å². The first kappa shape index (κ1) is 12.6. The molecule has 1 heterocycles. The lowest BCUT2D eigenvalue weighted by atomic mass is 10.0. The second kappa shape index (κ2) is 5.63. The van der Waals surface area contributed by atoms with Gasteiger partial charge in [-0.05, 0) is 26.3 Å². The maximum Gasteiger partial charge on any atom is 0.231 e. The zero-order chi connectivity index (χ0) is 12.3. The van der Waals surface area contributed by atoms with Crippen LogP contribution in [-0.2, 0) is 0 Å². The Hall–Kier alpha value is -0.900. The van der Waals surface area contributed by atoms with Gasteiger partial charge in [-0.1, -0.05) is 31.8 Å². The molecule has 0 bridgehead atoms. The molecule has 4 nitrogen and oxygen atoms in total. The fourth-order valence-corrected chi connectivity index (χ4v) is 2.49.